The van der Waals surface area contributed by atoms with E-state index in [1.807, 2.05) is 24.3 Å². The molecule has 0 spiro atoms. The number of hydrogen-bond acceptors (Lipinski definition) is 2. The van der Waals surface area contributed by atoms with Crippen molar-refractivity contribution in [1.82, 2.24) is 0 Å². The zero-order valence-electron chi connectivity index (χ0n) is 11.4. The molecule has 0 aromatic heterocycles. The summed E-state index contributed by atoms with van der Waals surface area (Å²) < 4.78 is 5.66. The minimum Gasteiger partial charge on any atom is -0.493 e. The van der Waals surface area contributed by atoms with E-state index in [2.05, 4.69) is 6.07 Å². The van der Waals surface area contributed by atoms with Gasteiger partial charge in [-0.1, -0.05) is 47.5 Å². The summed E-state index contributed by atoms with van der Waals surface area (Å²) in [5.74, 6) is 1.22. The van der Waals surface area contributed by atoms with Gasteiger partial charge in [-0.2, -0.15) is 0 Å². The molecule has 21 heavy (non-hydrogen) atoms. The lowest BCUT2D eigenvalue weighted by Gasteiger charge is -2.27. The predicted molar refractivity (Wildman–Crippen MR) is 85.3 cm³/mol. The van der Waals surface area contributed by atoms with Gasteiger partial charge in [-0.25, -0.2) is 0 Å². The van der Waals surface area contributed by atoms with E-state index in [0.29, 0.717) is 29.0 Å². The summed E-state index contributed by atoms with van der Waals surface area (Å²) in [6, 6.07) is 13.3. The van der Waals surface area contributed by atoms with Crippen LogP contribution in [0.4, 0.5) is 0 Å². The Kier molecular flexibility index (Phi) is 4.39. The Hall–Kier alpha value is -1.22. The molecule has 110 valence electrons. The zero-order chi connectivity index (χ0) is 14.8. The maximum atomic E-state index is 10.5. The van der Waals surface area contributed by atoms with Crippen molar-refractivity contribution in [2.75, 3.05) is 6.61 Å². The van der Waals surface area contributed by atoms with Gasteiger partial charge in [0.1, 0.15) is 5.75 Å². The van der Waals surface area contributed by atoms with Crippen molar-refractivity contribution in [3.05, 3.63) is 63.6 Å². The molecule has 2 nitrogen and oxygen atoms in total. The monoisotopic (exact) mass is 322 g/mol. The second-order valence-corrected chi connectivity index (χ2v) is 6.11. The molecular weight excluding hydrogens is 307 g/mol. The van der Waals surface area contributed by atoms with Crippen LogP contribution in [0.1, 0.15) is 36.0 Å². The van der Waals surface area contributed by atoms with Crippen LogP contribution in [0, 0.1) is 0 Å². The topological polar surface area (TPSA) is 29.5 Å². The maximum absolute atomic E-state index is 10.5. The van der Waals surface area contributed by atoms with Gasteiger partial charge in [0.25, 0.3) is 0 Å². The molecular formula is C17H16Cl2O2. The van der Waals surface area contributed by atoms with Gasteiger partial charge in [-0.3, -0.25) is 0 Å². The Bertz CT molecular complexity index is 642. The van der Waals surface area contributed by atoms with Gasteiger partial charge in [0.15, 0.2) is 0 Å². The second kappa shape index (κ2) is 6.27. The van der Waals surface area contributed by atoms with Crippen molar-refractivity contribution in [1.29, 1.82) is 0 Å². The number of ether oxygens (including phenoxy) is 1. The van der Waals surface area contributed by atoms with Crippen LogP contribution in [-0.4, -0.2) is 11.7 Å². The Balaban J connectivity index is 1.79. The van der Waals surface area contributed by atoms with Crippen molar-refractivity contribution < 1.29 is 9.84 Å². The molecule has 3 rings (SSSR count). The molecule has 1 aliphatic rings. The number of benzene rings is 2. The summed E-state index contributed by atoms with van der Waals surface area (Å²) in [4.78, 5) is 0. The van der Waals surface area contributed by atoms with E-state index in [9.17, 15) is 5.11 Å². The van der Waals surface area contributed by atoms with Gasteiger partial charge in [-0.05, 0) is 48.1 Å². The molecule has 1 heterocycles. The Morgan fingerprint density at radius 1 is 1.14 bits per heavy atom. The highest BCUT2D eigenvalue weighted by molar-refractivity contribution is 6.42. The van der Waals surface area contributed by atoms with Gasteiger partial charge in [0.2, 0.25) is 0 Å². The van der Waals surface area contributed by atoms with E-state index >= 15 is 0 Å². The van der Waals surface area contributed by atoms with Gasteiger partial charge < -0.3 is 9.84 Å². The molecule has 1 N–H and O–H groups in total. The lowest BCUT2D eigenvalue weighted by Crippen LogP contribution is -2.16. The van der Waals surface area contributed by atoms with Gasteiger partial charge in [0.05, 0.1) is 22.8 Å². The lowest BCUT2D eigenvalue weighted by atomic mass is 9.86. The molecule has 0 amide bonds. The summed E-state index contributed by atoms with van der Waals surface area (Å²) in [5, 5.41) is 11.4. The minimum absolute atomic E-state index is 0.291. The van der Waals surface area contributed by atoms with E-state index in [1.54, 1.807) is 12.1 Å². The minimum atomic E-state index is -0.559. The molecule has 0 fully saturated rings. The molecule has 0 bridgehead atoms. The second-order valence-electron chi connectivity index (χ2n) is 5.30. The number of hydrogen-bond donors (Lipinski definition) is 1. The third-order valence-corrected chi connectivity index (χ3v) is 4.66. The van der Waals surface area contributed by atoms with E-state index in [0.717, 1.165) is 17.7 Å². The quantitative estimate of drug-likeness (QED) is 0.863. The molecule has 2 unspecified atom stereocenters. The largest absolute Gasteiger partial charge is 0.493 e. The molecule has 0 saturated heterocycles. The van der Waals surface area contributed by atoms with Crippen LogP contribution in [0.3, 0.4) is 0 Å². The fourth-order valence-electron chi connectivity index (χ4n) is 2.79. The van der Waals surface area contributed by atoms with Crippen LogP contribution < -0.4 is 4.74 Å². The summed E-state index contributed by atoms with van der Waals surface area (Å²) in [6.07, 6.45) is 1.00. The Morgan fingerprint density at radius 3 is 2.76 bits per heavy atom. The van der Waals surface area contributed by atoms with Crippen LogP contribution in [0.2, 0.25) is 10.0 Å². The first-order valence-corrected chi connectivity index (χ1v) is 7.75. The van der Waals surface area contributed by atoms with Gasteiger partial charge in [-0.15, -0.1) is 0 Å². The maximum Gasteiger partial charge on any atom is 0.122 e. The number of fused-ring (bicyclic) bond motifs is 1. The third kappa shape index (κ3) is 3.18. The van der Waals surface area contributed by atoms with Crippen molar-refractivity contribution in [2.24, 2.45) is 0 Å². The number of para-hydroxylation sites is 1. The van der Waals surface area contributed by atoms with Crippen LogP contribution in [0.25, 0.3) is 0 Å². The smallest absolute Gasteiger partial charge is 0.122 e. The SMILES string of the molecule is OC(CC1CCOc2ccccc21)c1ccc(Cl)c(Cl)c1. The Morgan fingerprint density at radius 2 is 1.95 bits per heavy atom. The highest BCUT2D eigenvalue weighted by atomic mass is 35.5. The first-order chi connectivity index (χ1) is 10.1. The highest BCUT2D eigenvalue weighted by Crippen LogP contribution is 2.39. The fraction of sp³-hybridized carbons (Fsp3) is 0.294. The third-order valence-electron chi connectivity index (χ3n) is 3.92. The number of rotatable bonds is 3. The van der Waals surface area contributed by atoms with Crippen molar-refractivity contribution >= 4 is 23.2 Å². The first-order valence-electron chi connectivity index (χ1n) is 7.00. The lowest BCUT2D eigenvalue weighted by molar-refractivity contribution is 0.145. The van der Waals surface area contributed by atoms with Crippen LogP contribution >= 0.6 is 23.2 Å². The predicted octanol–water partition coefficient (Wildman–Crippen LogP) is 4.98. The van der Waals surface area contributed by atoms with E-state index < -0.39 is 6.10 Å². The number of aliphatic hydroxyl groups is 1. The van der Waals surface area contributed by atoms with Crippen LogP contribution in [-0.2, 0) is 0 Å². The number of aliphatic hydroxyl groups excluding tert-OH is 1. The summed E-state index contributed by atoms with van der Waals surface area (Å²) in [6.45, 7) is 0.690. The zero-order valence-corrected chi connectivity index (χ0v) is 12.9. The molecule has 0 saturated carbocycles. The van der Waals surface area contributed by atoms with E-state index in [4.69, 9.17) is 27.9 Å². The summed E-state index contributed by atoms with van der Waals surface area (Å²) in [5.41, 5.74) is 1.97. The van der Waals surface area contributed by atoms with E-state index in [1.165, 1.54) is 5.56 Å². The average molecular weight is 323 g/mol. The first kappa shape index (κ1) is 14.7. The Labute approximate surface area is 134 Å². The van der Waals surface area contributed by atoms with E-state index in [-0.39, 0.29) is 0 Å². The normalized spacial score (nSPS) is 18.7. The van der Waals surface area contributed by atoms with Crippen LogP contribution in [0.15, 0.2) is 42.5 Å². The highest BCUT2D eigenvalue weighted by Gasteiger charge is 2.24. The number of halogens is 2. The van der Waals surface area contributed by atoms with Gasteiger partial charge >= 0.3 is 0 Å². The average Bonchev–Trinajstić information content (AvgIpc) is 2.50. The van der Waals surface area contributed by atoms with Crippen molar-refractivity contribution in [3.8, 4) is 5.75 Å². The summed E-state index contributed by atoms with van der Waals surface area (Å²) in [7, 11) is 0. The molecule has 0 aliphatic carbocycles. The summed E-state index contributed by atoms with van der Waals surface area (Å²) >= 11 is 11.9. The molecule has 2 aromatic carbocycles. The van der Waals surface area contributed by atoms with Crippen LogP contribution in [0.5, 0.6) is 5.75 Å². The molecule has 2 aromatic rings. The molecule has 4 heteroatoms. The molecule has 0 radical (unpaired) electrons. The van der Waals surface area contributed by atoms with Crippen molar-refractivity contribution in [3.63, 3.8) is 0 Å². The van der Waals surface area contributed by atoms with Crippen molar-refractivity contribution in [2.45, 2.75) is 24.9 Å². The standard InChI is InChI=1S/C17H16Cl2O2/c18-14-6-5-12(9-15(14)19)16(20)10-11-7-8-21-17-4-2-1-3-13(11)17/h1-6,9,11,16,20H,7-8,10H2. The fourth-order valence-corrected chi connectivity index (χ4v) is 3.09. The molecule has 2 atom stereocenters. The van der Waals surface area contributed by atoms with Gasteiger partial charge in [0, 0.05) is 0 Å². The molecule has 1 aliphatic heterocycles.